The number of nitrogens with zero attached hydrogens (tertiary/aromatic N) is 2. The monoisotopic (exact) mass is 322 g/mol. The minimum absolute atomic E-state index is 1.10. The van der Waals surface area contributed by atoms with Crippen LogP contribution in [0, 0.1) is 0 Å². The Morgan fingerprint density at radius 3 is 1.17 bits per heavy atom. The van der Waals surface area contributed by atoms with Gasteiger partial charge in [0.1, 0.15) is 0 Å². The number of benzene rings is 2. The Hall–Kier alpha value is -1.96. The van der Waals surface area contributed by atoms with Crippen LogP contribution in [0.25, 0.3) is 0 Å². The lowest BCUT2D eigenvalue weighted by atomic mass is 10.1. The molecule has 128 valence electrons. The van der Waals surface area contributed by atoms with E-state index in [0.29, 0.717) is 0 Å². The molecule has 3 rings (SSSR count). The molecule has 2 aromatic rings. The van der Waals surface area contributed by atoms with Crippen molar-refractivity contribution in [1.82, 2.24) is 0 Å². The lowest BCUT2D eigenvalue weighted by Crippen LogP contribution is -2.30. The topological polar surface area (TPSA) is 6.48 Å². The molecule has 1 aliphatic rings. The lowest BCUT2D eigenvalue weighted by Gasteiger charge is -2.40. The van der Waals surface area contributed by atoms with Gasteiger partial charge in [-0.05, 0) is 37.1 Å². The van der Waals surface area contributed by atoms with Gasteiger partial charge in [0, 0.05) is 13.1 Å². The average molecular weight is 322 g/mol. The van der Waals surface area contributed by atoms with E-state index in [9.17, 15) is 0 Å². The first-order valence-corrected chi connectivity index (χ1v) is 9.60. The molecule has 0 bridgehead atoms. The summed E-state index contributed by atoms with van der Waals surface area (Å²) < 4.78 is 0. The van der Waals surface area contributed by atoms with Crippen LogP contribution in [-0.4, -0.2) is 13.1 Å². The predicted molar refractivity (Wildman–Crippen MR) is 106 cm³/mol. The van der Waals surface area contributed by atoms with E-state index in [2.05, 4.69) is 72.2 Å². The number of hydrogen-bond acceptors (Lipinski definition) is 2. The molecular formula is C22H30N2. The minimum atomic E-state index is 1.10. The third-order valence-corrected chi connectivity index (χ3v) is 4.90. The number of hydrogen-bond donors (Lipinski definition) is 0. The number of rotatable bonds is 8. The average Bonchev–Trinajstić information content (AvgIpc) is 2.63. The maximum atomic E-state index is 2.52. The van der Waals surface area contributed by atoms with Crippen molar-refractivity contribution in [1.29, 1.82) is 0 Å². The second-order valence-electron chi connectivity index (χ2n) is 6.69. The molecule has 0 spiro atoms. The van der Waals surface area contributed by atoms with Gasteiger partial charge >= 0.3 is 0 Å². The smallest absolute Gasteiger partial charge is 0.0652 e. The molecule has 0 unspecified atom stereocenters. The van der Waals surface area contributed by atoms with Crippen LogP contribution in [-0.2, 0) is 0 Å². The molecule has 1 aliphatic heterocycles. The van der Waals surface area contributed by atoms with E-state index in [1.54, 1.807) is 0 Å². The summed E-state index contributed by atoms with van der Waals surface area (Å²) in [5.74, 6) is 0. The van der Waals surface area contributed by atoms with Gasteiger partial charge in [-0.25, -0.2) is 0 Å². The van der Waals surface area contributed by atoms with Crippen molar-refractivity contribution in [2.75, 3.05) is 22.9 Å². The first kappa shape index (κ1) is 16.9. The summed E-state index contributed by atoms with van der Waals surface area (Å²) >= 11 is 0. The van der Waals surface area contributed by atoms with Crippen molar-refractivity contribution in [3.05, 3.63) is 48.5 Å². The summed E-state index contributed by atoms with van der Waals surface area (Å²) in [5, 5.41) is 0. The van der Waals surface area contributed by atoms with E-state index < -0.39 is 0 Å². The molecule has 0 radical (unpaired) electrons. The lowest BCUT2D eigenvalue weighted by molar-refractivity contribution is 0.701. The predicted octanol–water partition coefficient (Wildman–Crippen LogP) is 6.66. The van der Waals surface area contributed by atoms with Crippen molar-refractivity contribution < 1.29 is 0 Å². The van der Waals surface area contributed by atoms with Crippen molar-refractivity contribution in [2.24, 2.45) is 0 Å². The van der Waals surface area contributed by atoms with E-state index in [4.69, 9.17) is 0 Å². The molecule has 0 amide bonds. The second-order valence-corrected chi connectivity index (χ2v) is 6.69. The summed E-state index contributed by atoms with van der Waals surface area (Å²) in [4.78, 5) is 5.05. The van der Waals surface area contributed by atoms with Crippen molar-refractivity contribution in [3.63, 3.8) is 0 Å². The van der Waals surface area contributed by atoms with E-state index in [0.717, 1.165) is 13.1 Å². The van der Waals surface area contributed by atoms with Crippen LogP contribution in [0.4, 0.5) is 22.7 Å². The highest BCUT2D eigenvalue weighted by molar-refractivity contribution is 5.93. The van der Waals surface area contributed by atoms with Gasteiger partial charge in [-0.2, -0.15) is 0 Å². The maximum absolute atomic E-state index is 2.52. The van der Waals surface area contributed by atoms with E-state index >= 15 is 0 Å². The van der Waals surface area contributed by atoms with Crippen LogP contribution < -0.4 is 9.80 Å². The van der Waals surface area contributed by atoms with Crippen LogP contribution >= 0.6 is 0 Å². The van der Waals surface area contributed by atoms with Crippen molar-refractivity contribution in [2.45, 2.75) is 52.4 Å². The van der Waals surface area contributed by atoms with Gasteiger partial charge in [0.25, 0.3) is 0 Å². The Balaban J connectivity index is 1.96. The Bertz CT molecular complexity index is 546. The number of unbranched alkanes of at least 4 members (excludes halogenated alkanes) is 4. The fourth-order valence-electron chi connectivity index (χ4n) is 3.62. The van der Waals surface area contributed by atoms with Crippen LogP contribution in [0.2, 0.25) is 0 Å². The Labute approximate surface area is 147 Å². The Morgan fingerprint density at radius 2 is 0.875 bits per heavy atom. The summed E-state index contributed by atoms with van der Waals surface area (Å²) in [6, 6.07) is 17.8. The zero-order chi connectivity index (χ0) is 16.8. The zero-order valence-electron chi connectivity index (χ0n) is 15.2. The maximum Gasteiger partial charge on any atom is 0.0652 e. The molecule has 0 saturated carbocycles. The normalized spacial score (nSPS) is 12.9. The Morgan fingerprint density at radius 1 is 0.542 bits per heavy atom. The molecule has 2 aromatic carbocycles. The third-order valence-electron chi connectivity index (χ3n) is 4.90. The fourth-order valence-corrected chi connectivity index (χ4v) is 3.62. The summed E-state index contributed by atoms with van der Waals surface area (Å²) in [7, 11) is 0. The van der Waals surface area contributed by atoms with Gasteiger partial charge < -0.3 is 9.80 Å². The summed E-state index contributed by atoms with van der Waals surface area (Å²) in [5.41, 5.74) is 5.46. The molecular weight excluding hydrogens is 292 g/mol. The molecule has 0 N–H and O–H groups in total. The highest BCUT2D eigenvalue weighted by Crippen LogP contribution is 2.47. The van der Waals surface area contributed by atoms with Gasteiger partial charge in [0.15, 0.2) is 0 Å². The largest absolute Gasteiger partial charge is 0.338 e. The Kier molecular flexibility index (Phi) is 5.79. The van der Waals surface area contributed by atoms with E-state index in [1.165, 1.54) is 61.3 Å². The number of fused-ring (bicyclic) bond motifs is 2. The van der Waals surface area contributed by atoms with Gasteiger partial charge in [-0.15, -0.1) is 0 Å². The molecule has 1 heterocycles. The molecule has 0 aliphatic carbocycles. The quantitative estimate of drug-likeness (QED) is 0.502. The van der Waals surface area contributed by atoms with Crippen LogP contribution in [0.15, 0.2) is 48.5 Å². The van der Waals surface area contributed by atoms with E-state index in [1.807, 2.05) is 0 Å². The second kappa shape index (κ2) is 8.23. The molecule has 0 saturated heterocycles. The van der Waals surface area contributed by atoms with Gasteiger partial charge in [0.2, 0.25) is 0 Å². The number of para-hydroxylation sites is 4. The van der Waals surface area contributed by atoms with Crippen LogP contribution in [0.3, 0.4) is 0 Å². The first-order valence-electron chi connectivity index (χ1n) is 9.60. The third kappa shape index (κ3) is 3.43. The van der Waals surface area contributed by atoms with Crippen molar-refractivity contribution in [3.8, 4) is 0 Å². The molecule has 24 heavy (non-hydrogen) atoms. The molecule has 0 aromatic heterocycles. The van der Waals surface area contributed by atoms with Crippen LogP contribution in [0.5, 0.6) is 0 Å². The summed E-state index contributed by atoms with van der Waals surface area (Å²) in [6.45, 7) is 6.75. The molecule has 0 atom stereocenters. The van der Waals surface area contributed by atoms with Gasteiger partial charge in [0.05, 0.1) is 22.7 Å². The summed E-state index contributed by atoms with van der Waals surface area (Å²) in [6.07, 6.45) is 7.60. The zero-order valence-corrected chi connectivity index (χ0v) is 15.2. The first-order chi connectivity index (χ1) is 11.9. The molecule has 2 nitrogen and oxygen atoms in total. The van der Waals surface area contributed by atoms with E-state index in [-0.39, 0.29) is 0 Å². The highest BCUT2D eigenvalue weighted by atomic mass is 15.3. The van der Waals surface area contributed by atoms with Gasteiger partial charge in [-0.3, -0.25) is 0 Å². The molecule has 0 fully saturated rings. The number of anilines is 4. The van der Waals surface area contributed by atoms with Crippen LogP contribution in [0.1, 0.15) is 52.4 Å². The molecule has 2 heteroatoms. The van der Waals surface area contributed by atoms with Gasteiger partial charge in [-0.1, -0.05) is 63.8 Å². The SMILES string of the molecule is CCCCCN1c2ccccc2N(CCCCC)c2ccccc21. The fraction of sp³-hybridized carbons (Fsp3) is 0.455. The highest BCUT2D eigenvalue weighted by Gasteiger charge is 2.26. The standard InChI is InChI=1S/C22H30N2/c1-3-5-11-17-23-19-13-7-9-15-21(19)24(18-12-6-4-2)22-16-10-8-14-20(22)23/h7-10,13-16H,3-6,11-12,17-18H2,1-2H3. The minimum Gasteiger partial charge on any atom is -0.338 e. The van der Waals surface area contributed by atoms with Crippen molar-refractivity contribution >= 4 is 22.7 Å².